The van der Waals surface area contributed by atoms with Crippen LogP contribution in [0.4, 0.5) is 5.82 Å². The van der Waals surface area contributed by atoms with Gasteiger partial charge in [0.1, 0.15) is 11.7 Å². The molecule has 7 nitrogen and oxygen atoms in total. The van der Waals surface area contributed by atoms with Gasteiger partial charge in [-0.05, 0) is 59.2 Å². The molecule has 0 spiro atoms. The molecule has 5 aromatic rings. The third-order valence-electron chi connectivity index (χ3n) is 7.82. The molecule has 1 saturated carbocycles. The molecule has 0 aliphatic heterocycles. The molecule has 3 aromatic carbocycles. The van der Waals surface area contributed by atoms with Gasteiger partial charge < -0.3 is 20.1 Å². The molecule has 0 saturated heterocycles. The predicted octanol–water partition coefficient (Wildman–Crippen LogP) is 6.02. The van der Waals surface area contributed by atoms with Gasteiger partial charge in [-0.2, -0.15) is 0 Å². The summed E-state index contributed by atoms with van der Waals surface area (Å²) in [6.07, 6.45) is 2.36. The molecule has 8 heteroatoms. The Morgan fingerprint density at radius 1 is 1.05 bits per heavy atom. The lowest BCUT2D eigenvalue weighted by molar-refractivity contribution is -0.0300. The van der Waals surface area contributed by atoms with E-state index < -0.39 is 17.7 Å². The first kappa shape index (κ1) is 27.7. The van der Waals surface area contributed by atoms with Crippen LogP contribution in [0, 0.1) is 17.8 Å². The van der Waals surface area contributed by atoms with E-state index in [1.807, 2.05) is 78.2 Å². The van der Waals surface area contributed by atoms with Crippen molar-refractivity contribution in [3.8, 4) is 23.0 Å². The van der Waals surface area contributed by atoms with E-state index in [0.717, 1.165) is 22.3 Å². The molecule has 1 fully saturated rings. The fourth-order valence-corrected chi connectivity index (χ4v) is 5.86. The van der Waals surface area contributed by atoms with E-state index in [1.54, 1.807) is 6.33 Å². The van der Waals surface area contributed by atoms with Crippen molar-refractivity contribution in [1.29, 1.82) is 0 Å². The monoisotopic (exact) mass is 575 g/mol. The van der Waals surface area contributed by atoms with Crippen LogP contribution < -0.4 is 5.32 Å². The zero-order valence-corrected chi connectivity index (χ0v) is 23.8. The first-order valence-corrected chi connectivity index (χ1v) is 14.2. The minimum absolute atomic E-state index is 0.0594. The highest BCUT2D eigenvalue weighted by Crippen LogP contribution is 2.44. The lowest BCUT2D eigenvalue weighted by Crippen LogP contribution is -2.38. The zero-order valence-electron chi connectivity index (χ0n) is 23.1. The molecule has 4 atom stereocenters. The van der Waals surface area contributed by atoms with Gasteiger partial charge in [0.25, 0.3) is 0 Å². The Morgan fingerprint density at radius 2 is 1.81 bits per heavy atom. The Morgan fingerprint density at radius 3 is 2.52 bits per heavy atom. The molecular weight excluding hydrogens is 546 g/mol. The van der Waals surface area contributed by atoms with E-state index >= 15 is 0 Å². The molecule has 0 amide bonds. The van der Waals surface area contributed by atoms with E-state index in [2.05, 4.69) is 40.9 Å². The molecule has 210 valence electrons. The molecular formula is C34H30ClN5O2. The predicted molar refractivity (Wildman–Crippen MR) is 166 cm³/mol. The maximum Gasteiger partial charge on any atom is 0.209 e. The largest absolute Gasteiger partial charge is 0.388 e. The second-order valence-electron chi connectivity index (χ2n) is 10.7. The number of benzene rings is 3. The van der Waals surface area contributed by atoms with Crippen LogP contribution in [-0.4, -0.2) is 41.4 Å². The van der Waals surface area contributed by atoms with Gasteiger partial charge in [0.05, 0.1) is 12.4 Å². The minimum atomic E-state index is -1.39. The Bertz CT molecular complexity index is 1810. The topological polar surface area (TPSA) is 96.1 Å². The molecule has 0 bridgehead atoms. The average molecular weight is 576 g/mol. The SMILES string of the molecule is C=C[C@]1(O)C[C@H](C)[C@@H](n2cnc3c(NCc4cccc(Cl)c4)nc(C#Cc4ccc(-c5ccccc5)cc4)nc32)[C@@H]1O. The number of rotatable bonds is 6. The summed E-state index contributed by atoms with van der Waals surface area (Å²) in [5.74, 6) is 7.06. The summed E-state index contributed by atoms with van der Waals surface area (Å²) in [5.41, 5.74) is 3.73. The Hall–Kier alpha value is -4.48. The van der Waals surface area contributed by atoms with E-state index in [0.29, 0.717) is 40.8 Å². The van der Waals surface area contributed by atoms with Crippen molar-refractivity contribution in [2.45, 2.75) is 37.6 Å². The fourth-order valence-electron chi connectivity index (χ4n) is 5.65. The Kier molecular flexibility index (Phi) is 7.53. The lowest BCUT2D eigenvalue weighted by Gasteiger charge is -2.26. The van der Waals surface area contributed by atoms with Gasteiger partial charge >= 0.3 is 0 Å². The van der Waals surface area contributed by atoms with Crippen molar-refractivity contribution in [2.75, 3.05) is 5.32 Å². The van der Waals surface area contributed by atoms with Crippen LogP contribution in [0.5, 0.6) is 0 Å². The van der Waals surface area contributed by atoms with Crippen LogP contribution in [0.1, 0.15) is 36.3 Å². The zero-order chi connectivity index (χ0) is 29.3. The van der Waals surface area contributed by atoms with Gasteiger partial charge in [-0.15, -0.1) is 6.58 Å². The number of nitrogens with one attached hydrogen (secondary N) is 1. The van der Waals surface area contributed by atoms with Crippen LogP contribution in [0.2, 0.25) is 5.02 Å². The summed E-state index contributed by atoms with van der Waals surface area (Å²) < 4.78 is 1.82. The van der Waals surface area contributed by atoms with E-state index in [1.165, 1.54) is 6.08 Å². The van der Waals surface area contributed by atoms with Crippen LogP contribution in [0.15, 0.2) is 97.8 Å². The maximum absolute atomic E-state index is 11.1. The molecule has 2 heterocycles. The van der Waals surface area contributed by atoms with E-state index in [4.69, 9.17) is 21.6 Å². The number of aliphatic hydroxyl groups excluding tert-OH is 1. The molecule has 3 N–H and O–H groups in total. The summed E-state index contributed by atoms with van der Waals surface area (Å²) >= 11 is 6.19. The van der Waals surface area contributed by atoms with Crippen LogP contribution >= 0.6 is 11.6 Å². The first-order chi connectivity index (χ1) is 20.3. The summed E-state index contributed by atoms with van der Waals surface area (Å²) in [6.45, 7) is 6.19. The third-order valence-corrected chi connectivity index (χ3v) is 8.06. The van der Waals surface area contributed by atoms with Gasteiger partial charge in [-0.3, -0.25) is 0 Å². The molecule has 1 aliphatic rings. The number of anilines is 1. The summed E-state index contributed by atoms with van der Waals surface area (Å²) in [5, 5.41) is 26.1. The summed E-state index contributed by atoms with van der Waals surface area (Å²) in [7, 11) is 0. The molecule has 1 aliphatic carbocycles. The van der Waals surface area contributed by atoms with Crippen molar-refractivity contribution in [3.63, 3.8) is 0 Å². The van der Waals surface area contributed by atoms with Gasteiger partial charge in [-0.25, -0.2) is 15.0 Å². The Labute approximate surface area is 249 Å². The quantitative estimate of drug-likeness (QED) is 0.169. The van der Waals surface area contributed by atoms with Gasteiger partial charge in [-0.1, -0.05) is 85.1 Å². The van der Waals surface area contributed by atoms with Crippen LogP contribution in [0.25, 0.3) is 22.3 Å². The van der Waals surface area contributed by atoms with E-state index in [-0.39, 0.29) is 5.92 Å². The van der Waals surface area contributed by atoms with Gasteiger partial charge in [0.2, 0.25) is 5.82 Å². The molecule has 0 radical (unpaired) electrons. The highest BCUT2D eigenvalue weighted by molar-refractivity contribution is 6.30. The number of aliphatic hydroxyl groups is 2. The highest BCUT2D eigenvalue weighted by atomic mass is 35.5. The molecule has 2 aromatic heterocycles. The van der Waals surface area contributed by atoms with Crippen molar-refractivity contribution in [2.24, 2.45) is 5.92 Å². The average Bonchev–Trinajstić information content (AvgIpc) is 3.52. The molecule has 6 rings (SSSR count). The number of nitrogens with zero attached hydrogens (tertiary/aromatic N) is 4. The smallest absolute Gasteiger partial charge is 0.209 e. The van der Waals surface area contributed by atoms with Gasteiger partial charge in [0.15, 0.2) is 17.0 Å². The van der Waals surface area contributed by atoms with Crippen molar-refractivity contribution >= 4 is 28.6 Å². The number of fused-ring (bicyclic) bond motifs is 1. The first-order valence-electron chi connectivity index (χ1n) is 13.8. The number of aromatic nitrogens is 4. The summed E-state index contributed by atoms with van der Waals surface area (Å²) in [6, 6.07) is 25.3. The van der Waals surface area contributed by atoms with Crippen LogP contribution in [-0.2, 0) is 6.54 Å². The minimum Gasteiger partial charge on any atom is -0.388 e. The normalized spacial score (nSPS) is 21.6. The standard InChI is InChI=1S/C34H30ClN5O2/c1-3-34(42)19-22(2)30(31(34)41)40-21-37-29-32(36-20-24-8-7-11-27(35)18-24)38-28(39-33(29)40)17-14-23-12-15-26(16-13-23)25-9-5-4-6-10-25/h3-13,15-16,18,21-22,30-31,41-42H,1,19-20H2,2H3,(H,36,38,39)/t22-,30+,31-,34-/m0/s1. The molecule has 42 heavy (non-hydrogen) atoms. The van der Waals surface area contributed by atoms with Crippen LogP contribution in [0.3, 0.4) is 0 Å². The number of imidazole rings is 1. The highest BCUT2D eigenvalue weighted by Gasteiger charge is 2.50. The third kappa shape index (κ3) is 5.40. The van der Waals surface area contributed by atoms with Gasteiger partial charge in [0, 0.05) is 17.1 Å². The second-order valence-corrected chi connectivity index (χ2v) is 11.1. The number of hydrogen-bond acceptors (Lipinski definition) is 6. The summed E-state index contributed by atoms with van der Waals surface area (Å²) in [4.78, 5) is 14.1. The second kappa shape index (κ2) is 11.4. The van der Waals surface area contributed by atoms with E-state index in [9.17, 15) is 10.2 Å². The van der Waals surface area contributed by atoms with Crippen molar-refractivity contribution in [1.82, 2.24) is 19.5 Å². The Balaban J connectivity index is 1.38. The molecule has 0 unspecified atom stereocenters. The fraction of sp³-hybridized carbons (Fsp3) is 0.206. The number of halogens is 1. The maximum atomic E-state index is 11.1. The van der Waals surface area contributed by atoms with Crippen molar-refractivity contribution < 1.29 is 10.2 Å². The van der Waals surface area contributed by atoms with Crippen molar-refractivity contribution in [3.05, 3.63) is 120 Å². The number of hydrogen-bond donors (Lipinski definition) is 3. The lowest BCUT2D eigenvalue weighted by atomic mass is 9.99.